The van der Waals surface area contributed by atoms with Crippen LogP contribution in [0.5, 0.6) is 0 Å². The molecule has 0 fully saturated rings. The fourth-order valence-corrected chi connectivity index (χ4v) is 1.48. The Hall–Kier alpha value is -0.870. The summed E-state index contributed by atoms with van der Waals surface area (Å²) < 4.78 is 2.03. The van der Waals surface area contributed by atoms with E-state index in [0.29, 0.717) is 12.6 Å². The van der Waals surface area contributed by atoms with Crippen molar-refractivity contribution >= 4 is 0 Å². The van der Waals surface area contributed by atoms with Crippen LogP contribution in [0, 0.1) is 0 Å². The van der Waals surface area contributed by atoms with Crippen LogP contribution in [-0.2, 0) is 11.4 Å². The topological polar surface area (TPSA) is 39.1 Å². The van der Waals surface area contributed by atoms with E-state index < -0.39 is 0 Å². The molecule has 80 valence electrons. The molecule has 4 heteroatoms. The van der Waals surface area contributed by atoms with Gasteiger partial charge >= 0.3 is 0 Å². The first-order chi connectivity index (χ1) is 6.81. The Labute approximate surface area is 85.2 Å². The fourth-order valence-electron chi connectivity index (χ4n) is 1.48. The molecular formula is C10H19N3O. The van der Waals surface area contributed by atoms with Crippen molar-refractivity contribution in [3.8, 4) is 0 Å². The molecule has 1 heterocycles. The predicted octanol–water partition coefficient (Wildman–Crippen LogP) is 1.90. The standard InChI is InChI=1S/C10H19N3O/c1-4-10(5-2)13-7-6-9(12-13)8-11-14-3/h6-7,10-11H,4-5,8H2,1-3H3. The van der Waals surface area contributed by atoms with Gasteiger partial charge in [-0.3, -0.25) is 4.68 Å². The van der Waals surface area contributed by atoms with E-state index in [2.05, 4.69) is 24.4 Å². The van der Waals surface area contributed by atoms with E-state index in [1.807, 2.05) is 16.9 Å². The van der Waals surface area contributed by atoms with Crippen LogP contribution in [0.25, 0.3) is 0 Å². The van der Waals surface area contributed by atoms with Crippen LogP contribution in [0.15, 0.2) is 12.3 Å². The highest BCUT2D eigenvalue weighted by atomic mass is 16.6. The first kappa shape index (κ1) is 11.2. The molecule has 0 aliphatic heterocycles. The lowest BCUT2D eigenvalue weighted by molar-refractivity contribution is 0.0856. The number of hydrogen-bond acceptors (Lipinski definition) is 3. The van der Waals surface area contributed by atoms with Crippen molar-refractivity contribution in [1.82, 2.24) is 15.3 Å². The molecule has 0 amide bonds. The Morgan fingerprint density at radius 3 is 2.79 bits per heavy atom. The average Bonchev–Trinajstić information content (AvgIpc) is 2.65. The van der Waals surface area contributed by atoms with Crippen LogP contribution >= 0.6 is 0 Å². The maximum Gasteiger partial charge on any atom is 0.0786 e. The lowest BCUT2D eigenvalue weighted by atomic mass is 10.2. The molecule has 0 aliphatic rings. The number of aromatic nitrogens is 2. The minimum absolute atomic E-state index is 0.520. The molecule has 0 atom stereocenters. The summed E-state index contributed by atoms with van der Waals surface area (Å²) in [5.74, 6) is 0. The third-order valence-electron chi connectivity index (χ3n) is 2.38. The molecule has 0 spiro atoms. The third-order valence-corrected chi connectivity index (χ3v) is 2.38. The predicted molar refractivity (Wildman–Crippen MR) is 55.7 cm³/mol. The number of hydrogen-bond donors (Lipinski definition) is 1. The monoisotopic (exact) mass is 197 g/mol. The Bertz CT molecular complexity index is 256. The number of nitrogens with zero attached hydrogens (tertiary/aromatic N) is 2. The van der Waals surface area contributed by atoms with E-state index >= 15 is 0 Å². The van der Waals surface area contributed by atoms with Crippen molar-refractivity contribution in [2.75, 3.05) is 7.11 Å². The fraction of sp³-hybridized carbons (Fsp3) is 0.700. The summed E-state index contributed by atoms with van der Waals surface area (Å²) in [5, 5.41) is 4.46. The summed E-state index contributed by atoms with van der Waals surface area (Å²) in [6.07, 6.45) is 4.27. The minimum Gasteiger partial charge on any atom is -0.305 e. The Balaban J connectivity index is 2.57. The molecule has 0 unspecified atom stereocenters. The number of hydroxylamine groups is 1. The van der Waals surface area contributed by atoms with Crippen LogP contribution in [0.4, 0.5) is 0 Å². The smallest absolute Gasteiger partial charge is 0.0786 e. The molecule has 0 saturated heterocycles. The molecule has 1 aromatic rings. The zero-order valence-corrected chi connectivity index (χ0v) is 9.16. The molecule has 14 heavy (non-hydrogen) atoms. The summed E-state index contributed by atoms with van der Waals surface area (Å²) in [4.78, 5) is 4.77. The molecule has 0 saturated carbocycles. The molecule has 1 aromatic heterocycles. The van der Waals surface area contributed by atoms with Crippen LogP contribution < -0.4 is 5.48 Å². The minimum atomic E-state index is 0.520. The summed E-state index contributed by atoms with van der Waals surface area (Å²) in [7, 11) is 1.61. The van der Waals surface area contributed by atoms with E-state index in [1.165, 1.54) is 0 Å². The van der Waals surface area contributed by atoms with E-state index in [1.54, 1.807) is 7.11 Å². The van der Waals surface area contributed by atoms with E-state index in [-0.39, 0.29) is 0 Å². The second-order valence-electron chi connectivity index (χ2n) is 3.28. The second-order valence-corrected chi connectivity index (χ2v) is 3.28. The zero-order valence-electron chi connectivity index (χ0n) is 9.16. The van der Waals surface area contributed by atoms with Crippen LogP contribution in [-0.4, -0.2) is 16.9 Å². The van der Waals surface area contributed by atoms with Gasteiger partial charge in [0.25, 0.3) is 0 Å². The number of nitrogens with one attached hydrogen (secondary N) is 1. The molecule has 0 aromatic carbocycles. The average molecular weight is 197 g/mol. The first-order valence-corrected chi connectivity index (χ1v) is 5.11. The van der Waals surface area contributed by atoms with Gasteiger partial charge in [-0.2, -0.15) is 10.6 Å². The van der Waals surface area contributed by atoms with Crippen molar-refractivity contribution < 1.29 is 4.84 Å². The van der Waals surface area contributed by atoms with Crippen molar-refractivity contribution in [2.45, 2.75) is 39.3 Å². The van der Waals surface area contributed by atoms with Crippen molar-refractivity contribution in [1.29, 1.82) is 0 Å². The SMILES string of the molecule is CCC(CC)n1ccc(CNOC)n1. The van der Waals surface area contributed by atoms with Crippen molar-refractivity contribution in [2.24, 2.45) is 0 Å². The van der Waals surface area contributed by atoms with Gasteiger partial charge in [0.1, 0.15) is 0 Å². The second kappa shape index (κ2) is 5.78. The summed E-state index contributed by atoms with van der Waals surface area (Å²) in [6, 6.07) is 2.54. The summed E-state index contributed by atoms with van der Waals surface area (Å²) in [5.41, 5.74) is 3.79. The zero-order chi connectivity index (χ0) is 10.4. The van der Waals surface area contributed by atoms with Gasteiger partial charge in [0.2, 0.25) is 0 Å². The van der Waals surface area contributed by atoms with E-state index in [4.69, 9.17) is 4.84 Å². The van der Waals surface area contributed by atoms with Gasteiger partial charge < -0.3 is 4.84 Å². The van der Waals surface area contributed by atoms with Crippen LogP contribution in [0.2, 0.25) is 0 Å². The van der Waals surface area contributed by atoms with E-state index in [9.17, 15) is 0 Å². The highest BCUT2D eigenvalue weighted by Crippen LogP contribution is 2.14. The first-order valence-electron chi connectivity index (χ1n) is 5.11. The summed E-state index contributed by atoms with van der Waals surface area (Å²) in [6.45, 7) is 5.02. The Morgan fingerprint density at radius 1 is 1.50 bits per heavy atom. The lowest BCUT2D eigenvalue weighted by Gasteiger charge is -2.12. The highest BCUT2D eigenvalue weighted by Gasteiger charge is 2.07. The van der Waals surface area contributed by atoms with Gasteiger partial charge in [-0.25, -0.2) is 0 Å². The molecular weight excluding hydrogens is 178 g/mol. The molecule has 0 bridgehead atoms. The van der Waals surface area contributed by atoms with E-state index in [0.717, 1.165) is 18.5 Å². The molecule has 0 aliphatic carbocycles. The molecule has 1 N–H and O–H groups in total. The Kier molecular flexibility index (Phi) is 4.62. The van der Waals surface area contributed by atoms with Crippen molar-refractivity contribution in [3.05, 3.63) is 18.0 Å². The van der Waals surface area contributed by atoms with Gasteiger partial charge in [-0.05, 0) is 18.9 Å². The van der Waals surface area contributed by atoms with Gasteiger partial charge in [0.15, 0.2) is 0 Å². The van der Waals surface area contributed by atoms with Gasteiger partial charge in [-0.1, -0.05) is 13.8 Å². The molecule has 4 nitrogen and oxygen atoms in total. The lowest BCUT2D eigenvalue weighted by Crippen LogP contribution is -2.13. The summed E-state index contributed by atoms with van der Waals surface area (Å²) >= 11 is 0. The molecule has 0 radical (unpaired) electrons. The van der Waals surface area contributed by atoms with Crippen molar-refractivity contribution in [3.63, 3.8) is 0 Å². The maximum atomic E-state index is 4.77. The normalized spacial score (nSPS) is 11.1. The Morgan fingerprint density at radius 2 is 2.21 bits per heavy atom. The quantitative estimate of drug-likeness (QED) is 0.708. The maximum absolute atomic E-state index is 4.77. The van der Waals surface area contributed by atoms with Gasteiger partial charge in [0.05, 0.1) is 25.4 Å². The highest BCUT2D eigenvalue weighted by molar-refractivity contribution is 4.98. The number of rotatable bonds is 6. The molecule has 1 rings (SSSR count). The van der Waals surface area contributed by atoms with Gasteiger partial charge in [-0.15, -0.1) is 0 Å². The third kappa shape index (κ3) is 2.82. The van der Waals surface area contributed by atoms with Gasteiger partial charge in [0, 0.05) is 6.20 Å². The largest absolute Gasteiger partial charge is 0.305 e. The van der Waals surface area contributed by atoms with Crippen LogP contribution in [0.3, 0.4) is 0 Å². The van der Waals surface area contributed by atoms with Crippen LogP contribution in [0.1, 0.15) is 38.4 Å².